The van der Waals surface area contributed by atoms with Crippen molar-refractivity contribution in [2.75, 3.05) is 37.7 Å². The number of ether oxygens (including phenoxy) is 1. The van der Waals surface area contributed by atoms with E-state index in [9.17, 15) is 4.79 Å². The van der Waals surface area contributed by atoms with Gasteiger partial charge in [-0.25, -0.2) is 0 Å². The molecule has 2 saturated heterocycles. The molecule has 24 heavy (non-hydrogen) atoms. The molecule has 6 heteroatoms. The van der Waals surface area contributed by atoms with E-state index < -0.39 is 0 Å². The average Bonchev–Trinajstić information content (AvgIpc) is 3.38. The van der Waals surface area contributed by atoms with Crippen LogP contribution in [-0.2, 0) is 9.53 Å². The maximum atomic E-state index is 12.9. The fourth-order valence-electron chi connectivity index (χ4n) is 4.01. The molecule has 3 heterocycles. The number of nitrogens with one attached hydrogen (secondary N) is 1. The summed E-state index contributed by atoms with van der Waals surface area (Å²) >= 11 is 0. The van der Waals surface area contributed by atoms with Gasteiger partial charge < -0.3 is 14.5 Å². The van der Waals surface area contributed by atoms with Crippen LogP contribution < -0.4 is 4.90 Å². The Hall–Kier alpha value is -1.56. The van der Waals surface area contributed by atoms with E-state index in [4.69, 9.17) is 4.74 Å². The number of hydrogen-bond acceptors (Lipinski definition) is 4. The highest BCUT2D eigenvalue weighted by molar-refractivity contribution is 5.79. The first-order chi connectivity index (χ1) is 11.8. The molecule has 4 rings (SSSR count). The summed E-state index contributed by atoms with van der Waals surface area (Å²) in [5.74, 6) is 2.09. The molecule has 1 aromatic rings. The molecule has 2 unspecified atom stereocenters. The van der Waals surface area contributed by atoms with Crippen LogP contribution in [0.1, 0.15) is 50.6 Å². The van der Waals surface area contributed by atoms with Crippen LogP contribution in [0, 0.1) is 5.92 Å². The van der Waals surface area contributed by atoms with Gasteiger partial charge >= 0.3 is 0 Å². The molecule has 1 amide bonds. The fourth-order valence-corrected chi connectivity index (χ4v) is 4.01. The second-order valence-corrected chi connectivity index (χ2v) is 7.33. The minimum absolute atomic E-state index is 0.0575. The van der Waals surface area contributed by atoms with Crippen LogP contribution in [-0.4, -0.2) is 59.9 Å². The van der Waals surface area contributed by atoms with Gasteiger partial charge in [0.15, 0.2) is 5.82 Å². The van der Waals surface area contributed by atoms with E-state index in [-0.39, 0.29) is 12.0 Å². The summed E-state index contributed by atoms with van der Waals surface area (Å²) in [7, 11) is 0. The smallest absolute Gasteiger partial charge is 0.228 e. The number of hydrogen-bond donors (Lipinski definition) is 1. The van der Waals surface area contributed by atoms with E-state index in [0.717, 1.165) is 57.9 Å². The van der Waals surface area contributed by atoms with Crippen LogP contribution in [0.3, 0.4) is 0 Å². The number of carbonyl (C=O) groups is 1. The molecule has 0 spiro atoms. The standard InChI is InChI=1S/C18H28N4O2/c1-2-16-14(4-3-11-24-16)18(23)22-9-7-21(8-10-22)17-12-15(19-20-17)13-5-6-13/h12-14,16H,2-11H2,1H3,(H,19,20). The zero-order valence-corrected chi connectivity index (χ0v) is 14.5. The molecule has 1 N–H and O–H groups in total. The lowest BCUT2D eigenvalue weighted by Gasteiger charge is -2.39. The Morgan fingerprint density at radius 3 is 2.79 bits per heavy atom. The highest BCUT2D eigenvalue weighted by Crippen LogP contribution is 2.39. The summed E-state index contributed by atoms with van der Waals surface area (Å²) in [6, 6.07) is 2.19. The molecule has 3 fully saturated rings. The van der Waals surface area contributed by atoms with Crippen LogP contribution in [0.4, 0.5) is 5.82 Å². The normalized spacial score (nSPS) is 28.2. The highest BCUT2D eigenvalue weighted by Gasteiger charge is 2.35. The van der Waals surface area contributed by atoms with Crippen molar-refractivity contribution in [1.82, 2.24) is 15.1 Å². The molecular weight excluding hydrogens is 304 g/mol. The fraction of sp³-hybridized carbons (Fsp3) is 0.778. The van der Waals surface area contributed by atoms with Gasteiger partial charge in [-0.15, -0.1) is 0 Å². The zero-order chi connectivity index (χ0) is 16.5. The average molecular weight is 332 g/mol. The Balaban J connectivity index is 1.33. The van der Waals surface area contributed by atoms with Crippen molar-refractivity contribution < 1.29 is 9.53 Å². The topological polar surface area (TPSA) is 61.5 Å². The summed E-state index contributed by atoms with van der Waals surface area (Å²) in [6.45, 7) is 6.23. The maximum absolute atomic E-state index is 12.9. The van der Waals surface area contributed by atoms with Crippen LogP contribution in [0.25, 0.3) is 0 Å². The van der Waals surface area contributed by atoms with Gasteiger partial charge in [0.05, 0.1) is 12.0 Å². The zero-order valence-electron chi connectivity index (χ0n) is 14.5. The summed E-state index contributed by atoms with van der Waals surface area (Å²) in [4.78, 5) is 17.2. The predicted octanol–water partition coefficient (Wildman–Crippen LogP) is 2.14. The first-order valence-corrected chi connectivity index (χ1v) is 9.47. The van der Waals surface area contributed by atoms with E-state index in [1.54, 1.807) is 0 Å². The molecule has 1 aliphatic carbocycles. The number of aromatic amines is 1. The first kappa shape index (κ1) is 15.9. The van der Waals surface area contributed by atoms with Gasteiger partial charge in [0.1, 0.15) is 0 Å². The SMILES string of the molecule is CCC1OCCCC1C(=O)N1CCN(c2cc(C3CC3)[nH]n2)CC1. The molecular formula is C18H28N4O2. The Kier molecular flexibility index (Phi) is 4.48. The Bertz CT molecular complexity index is 575. The molecule has 1 saturated carbocycles. The summed E-state index contributed by atoms with van der Waals surface area (Å²) in [5, 5.41) is 7.64. The molecule has 2 aliphatic heterocycles. The number of carbonyl (C=O) groups excluding carboxylic acids is 1. The Morgan fingerprint density at radius 1 is 1.29 bits per heavy atom. The highest BCUT2D eigenvalue weighted by atomic mass is 16.5. The van der Waals surface area contributed by atoms with Crippen LogP contribution >= 0.6 is 0 Å². The monoisotopic (exact) mass is 332 g/mol. The van der Waals surface area contributed by atoms with Gasteiger partial charge in [0.2, 0.25) is 5.91 Å². The van der Waals surface area contributed by atoms with E-state index in [1.807, 2.05) is 4.90 Å². The maximum Gasteiger partial charge on any atom is 0.228 e. The number of piperazine rings is 1. The number of nitrogens with zero attached hydrogens (tertiary/aromatic N) is 3. The second-order valence-electron chi connectivity index (χ2n) is 7.33. The van der Waals surface area contributed by atoms with Crippen molar-refractivity contribution in [2.24, 2.45) is 5.92 Å². The summed E-state index contributed by atoms with van der Waals surface area (Å²) in [5.41, 5.74) is 1.27. The third-order valence-electron chi connectivity index (χ3n) is 5.68. The minimum Gasteiger partial charge on any atom is -0.377 e. The summed E-state index contributed by atoms with van der Waals surface area (Å²) in [6.07, 6.45) is 5.58. The van der Waals surface area contributed by atoms with Crippen molar-refractivity contribution in [3.63, 3.8) is 0 Å². The third-order valence-corrected chi connectivity index (χ3v) is 5.68. The van der Waals surface area contributed by atoms with Gasteiger partial charge in [-0.1, -0.05) is 6.92 Å². The van der Waals surface area contributed by atoms with Gasteiger partial charge in [-0.05, 0) is 32.1 Å². The number of amides is 1. The molecule has 1 aromatic heterocycles. The molecule has 3 aliphatic rings. The second kappa shape index (κ2) is 6.75. The Morgan fingerprint density at radius 2 is 2.08 bits per heavy atom. The van der Waals surface area contributed by atoms with Crippen molar-refractivity contribution in [3.8, 4) is 0 Å². The lowest BCUT2D eigenvalue weighted by Crippen LogP contribution is -2.52. The molecule has 6 nitrogen and oxygen atoms in total. The lowest BCUT2D eigenvalue weighted by atomic mass is 9.91. The van der Waals surface area contributed by atoms with Crippen LogP contribution in [0.2, 0.25) is 0 Å². The molecule has 132 valence electrons. The number of rotatable bonds is 4. The molecule has 0 aromatic carbocycles. The Labute approximate surface area is 143 Å². The quantitative estimate of drug-likeness (QED) is 0.918. The first-order valence-electron chi connectivity index (χ1n) is 9.47. The third kappa shape index (κ3) is 3.16. The van der Waals surface area contributed by atoms with Gasteiger partial charge in [0, 0.05) is 50.5 Å². The van der Waals surface area contributed by atoms with E-state index in [1.165, 1.54) is 18.5 Å². The van der Waals surface area contributed by atoms with E-state index in [0.29, 0.717) is 11.8 Å². The molecule has 2 atom stereocenters. The number of anilines is 1. The van der Waals surface area contributed by atoms with Crippen molar-refractivity contribution in [2.45, 2.75) is 51.0 Å². The van der Waals surface area contributed by atoms with E-state index in [2.05, 4.69) is 28.1 Å². The van der Waals surface area contributed by atoms with Gasteiger partial charge in [-0.3, -0.25) is 9.89 Å². The molecule has 0 bridgehead atoms. The summed E-state index contributed by atoms with van der Waals surface area (Å²) < 4.78 is 5.80. The predicted molar refractivity (Wildman–Crippen MR) is 92.1 cm³/mol. The van der Waals surface area contributed by atoms with Crippen LogP contribution in [0.5, 0.6) is 0 Å². The van der Waals surface area contributed by atoms with Gasteiger partial charge in [0.25, 0.3) is 0 Å². The lowest BCUT2D eigenvalue weighted by molar-refractivity contribution is -0.145. The van der Waals surface area contributed by atoms with E-state index >= 15 is 0 Å². The minimum atomic E-state index is 0.0575. The van der Waals surface area contributed by atoms with Gasteiger partial charge in [-0.2, -0.15) is 5.10 Å². The van der Waals surface area contributed by atoms with Crippen molar-refractivity contribution in [3.05, 3.63) is 11.8 Å². The number of aromatic nitrogens is 2. The number of H-pyrrole nitrogens is 1. The largest absolute Gasteiger partial charge is 0.377 e. The van der Waals surface area contributed by atoms with Crippen molar-refractivity contribution >= 4 is 11.7 Å². The van der Waals surface area contributed by atoms with Crippen LogP contribution in [0.15, 0.2) is 6.07 Å². The molecule has 0 radical (unpaired) electrons. The van der Waals surface area contributed by atoms with Crippen molar-refractivity contribution in [1.29, 1.82) is 0 Å².